The minimum Gasteiger partial charge on any atom is -0.600 e. The second-order valence-corrected chi connectivity index (χ2v) is 6.40. The maximum atomic E-state index is 10.8. The molecule has 2 rings (SSSR count). The summed E-state index contributed by atoms with van der Waals surface area (Å²) in [5, 5.41) is 83.0. The zero-order valence-electron chi connectivity index (χ0n) is 15.0. The molecule has 0 radical (unpaired) electrons. The predicted octanol–water partition coefficient (Wildman–Crippen LogP) is -4.82. The maximum absolute atomic E-state index is 10.8. The largest absolute Gasteiger partial charge is 0.600 e. The van der Waals surface area contributed by atoms with E-state index < -0.39 is 81.4 Å². The molecule has 7 N–H and O–H groups in total. The molecule has 0 aromatic rings. The van der Waals surface area contributed by atoms with E-state index in [2.05, 4.69) is 5.11 Å². The lowest BCUT2D eigenvalue weighted by Crippen LogP contribution is -2.65. The van der Waals surface area contributed by atoms with Crippen LogP contribution in [0.4, 0.5) is 0 Å². The zero-order chi connectivity index (χ0) is 21.0. The Kier molecular flexibility index (Phi) is 8.41. The van der Waals surface area contributed by atoms with Gasteiger partial charge >= 0.3 is 0 Å². The fourth-order valence-corrected chi connectivity index (χ4v) is 2.93. The molecule has 14 nitrogen and oxygen atoms in total. The van der Waals surface area contributed by atoms with Crippen molar-refractivity contribution in [2.24, 2.45) is 5.11 Å². The first kappa shape index (κ1) is 23.2. The summed E-state index contributed by atoms with van der Waals surface area (Å²) in [6.07, 6.45) is -15.4. The third kappa shape index (κ3) is 5.11. The first-order valence-corrected chi connectivity index (χ1v) is 8.49. The summed E-state index contributed by atoms with van der Waals surface area (Å²) in [6, 6.07) is 0. The van der Waals surface area contributed by atoms with Gasteiger partial charge in [0.25, 0.3) is 0 Å². The summed E-state index contributed by atoms with van der Waals surface area (Å²) >= 11 is 0. The van der Waals surface area contributed by atoms with Crippen molar-refractivity contribution in [2.75, 3.05) is 27.0 Å². The van der Waals surface area contributed by atoms with E-state index in [0.717, 1.165) is 7.05 Å². The molecule has 0 spiro atoms. The highest BCUT2D eigenvalue weighted by Crippen LogP contribution is 2.29. The summed E-state index contributed by atoms with van der Waals surface area (Å²) in [7, 11) is 1.09. The van der Waals surface area contributed by atoms with E-state index in [4.69, 9.17) is 18.9 Å². The van der Waals surface area contributed by atoms with Crippen molar-refractivity contribution in [3.63, 3.8) is 0 Å². The Bertz CT molecular complexity index is 519. The summed E-state index contributed by atoms with van der Waals surface area (Å²) < 4.78 is 20.9. The number of aliphatic hydroxyl groups is 7. The number of hydrogen-bond acceptors (Lipinski definition) is 13. The Morgan fingerprint density at radius 3 is 2.07 bits per heavy atom. The molecule has 0 aliphatic carbocycles. The topological polar surface area (TPSA) is 217 Å². The van der Waals surface area contributed by atoms with Crippen molar-refractivity contribution < 1.29 is 59.6 Å². The molecule has 2 heterocycles. The van der Waals surface area contributed by atoms with Crippen LogP contribution in [-0.4, -0.2) is 129 Å². The van der Waals surface area contributed by atoms with Crippen LogP contribution in [0.3, 0.4) is 0 Å². The Hall–Kier alpha value is -1.04. The quantitative estimate of drug-likeness (QED) is 0.119. The number of rotatable bonds is 7. The van der Waals surface area contributed by atoms with Crippen LogP contribution in [0.15, 0.2) is 5.11 Å². The molecule has 0 unspecified atom stereocenters. The van der Waals surface area contributed by atoms with E-state index in [0.29, 0.717) is 0 Å². The Balaban J connectivity index is 2.19. The molecule has 28 heavy (non-hydrogen) atoms. The molecule has 2 aliphatic heterocycles. The number of ether oxygens (including phenoxy) is 4. The summed E-state index contributed by atoms with van der Waals surface area (Å²) in [6.45, 7) is -1.92. The Labute approximate surface area is 159 Å². The average molecular weight is 414 g/mol. The van der Waals surface area contributed by atoms with E-state index in [9.17, 15) is 41.0 Å². The average Bonchev–Trinajstić information content (AvgIpc) is 2.66. The fourth-order valence-electron chi connectivity index (χ4n) is 2.93. The van der Waals surface area contributed by atoms with E-state index in [1.165, 1.54) is 0 Å². The van der Waals surface area contributed by atoms with Crippen molar-refractivity contribution in [1.29, 1.82) is 0 Å². The van der Waals surface area contributed by atoms with Gasteiger partial charge in [-0.3, -0.25) is 0 Å². The third-order valence-electron chi connectivity index (χ3n) is 4.48. The van der Waals surface area contributed by atoms with Crippen LogP contribution in [0.25, 0.3) is 0 Å². The van der Waals surface area contributed by atoms with Crippen molar-refractivity contribution in [2.45, 2.75) is 61.4 Å². The molecule has 2 aliphatic rings. The van der Waals surface area contributed by atoms with E-state index >= 15 is 0 Å². The first-order valence-electron chi connectivity index (χ1n) is 8.49. The molecule has 2 saturated heterocycles. The van der Waals surface area contributed by atoms with Gasteiger partial charge in [0, 0.05) is 0 Å². The highest BCUT2D eigenvalue weighted by Gasteiger charge is 2.51. The lowest BCUT2D eigenvalue weighted by atomic mass is 9.97. The second-order valence-electron chi connectivity index (χ2n) is 6.40. The maximum Gasteiger partial charge on any atom is 0.201 e. The molecule has 0 bridgehead atoms. The van der Waals surface area contributed by atoms with Crippen molar-refractivity contribution in [3.8, 4) is 0 Å². The number of azo groups is 1. The molecule has 2 fully saturated rings. The van der Waals surface area contributed by atoms with Gasteiger partial charge in [-0.2, -0.15) is 0 Å². The normalized spacial score (nSPS) is 45.2. The van der Waals surface area contributed by atoms with Gasteiger partial charge in [0.05, 0.1) is 13.2 Å². The smallest absolute Gasteiger partial charge is 0.201 e. The van der Waals surface area contributed by atoms with Gasteiger partial charge < -0.3 is 59.9 Å². The molecule has 14 heteroatoms. The number of hydrogen-bond donors (Lipinski definition) is 7. The monoisotopic (exact) mass is 414 g/mol. The van der Waals surface area contributed by atoms with Crippen LogP contribution in [0.5, 0.6) is 0 Å². The fraction of sp³-hybridized carbons (Fsp3) is 1.00. The molecular weight excluding hydrogens is 388 g/mol. The SMILES string of the molecule is C/[N+]([O-])=N/CO[C@@H]1[C@@H](O[C@@H]2O[C@H](CO)[C@@H](O)[C@H](O)[C@H]2O)[C@H](O)[C@@H](CO)O[C@H]1O. The lowest BCUT2D eigenvalue weighted by Gasteiger charge is -2.46. The van der Waals surface area contributed by atoms with Crippen molar-refractivity contribution in [1.82, 2.24) is 0 Å². The van der Waals surface area contributed by atoms with Crippen LogP contribution in [0.1, 0.15) is 0 Å². The van der Waals surface area contributed by atoms with E-state index in [1.807, 2.05) is 0 Å². The Morgan fingerprint density at radius 2 is 1.50 bits per heavy atom. The summed E-state index contributed by atoms with van der Waals surface area (Å²) in [5.74, 6) is 0. The van der Waals surface area contributed by atoms with E-state index in [1.54, 1.807) is 0 Å². The van der Waals surface area contributed by atoms with Crippen LogP contribution in [0, 0.1) is 5.21 Å². The minimum absolute atomic E-state index is 0.205. The molecule has 0 aromatic carbocycles. The van der Waals surface area contributed by atoms with Gasteiger partial charge in [0.1, 0.15) is 48.8 Å². The van der Waals surface area contributed by atoms with Crippen LogP contribution >= 0.6 is 0 Å². The molecule has 0 saturated carbocycles. The van der Waals surface area contributed by atoms with Gasteiger partial charge in [-0.1, -0.05) is 4.86 Å². The van der Waals surface area contributed by atoms with E-state index in [-0.39, 0.29) is 4.86 Å². The third-order valence-corrected chi connectivity index (χ3v) is 4.48. The van der Waals surface area contributed by atoms with Crippen LogP contribution in [0.2, 0.25) is 0 Å². The molecule has 0 amide bonds. The first-order chi connectivity index (χ1) is 13.2. The second kappa shape index (κ2) is 10.1. The van der Waals surface area contributed by atoms with Gasteiger partial charge in [0.15, 0.2) is 19.6 Å². The molecule has 0 aromatic heterocycles. The number of aliphatic hydroxyl groups excluding tert-OH is 7. The van der Waals surface area contributed by atoms with Crippen molar-refractivity contribution >= 4 is 0 Å². The number of nitrogens with zero attached hydrogens (tertiary/aromatic N) is 2. The van der Waals surface area contributed by atoms with Gasteiger partial charge in [-0.25, -0.2) is 0 Å². The number of hydroxylamine groups is 1. The van der Waals surface area contributed by atoms with Gasteiger partial charge in [0.2, 0.25) is 6.73 Å². The highest BCUT2D eigenvalue weighted by atomic mass is 16.7. The molecular formula is C14H26N2O12. The zero-order valence-corrected chi connectivity index (χ0v) is 15.0. The highest BCUT2D eigenvalue weighted by molar-refractivity contribution is 4.94. The summed E-state index contributed by atoms with van der Waals surface area (Å²) in [5.41, 5.74) is 0. The summed E-state index contributed by atoms with van der Waals surface area (Å²) in [4.78, 5) is 0.205. The minimum atomic E-state index is -1.77. The lowest BCUT2D eigenvalue weighted by molar-refractivity contribution is -0.504. The Morgan fingerprint density at radius 1 is 0.893 bits per heavy atom. The predicted molar refractivity (Wildman–Crippen MR) is 84.3 cm³/mol. The van der Waals surface area contributed by atoms with Crippen LogP contribution in [-0.2, 0) is 18.9 Å². The van der Waals surface area contributed by atoms with Gasteiger partial charge in [-0.15, -0.1) is 0 Å². The molecule has 164 valence electrons. The van der Waals surface area contributed by atoms with Gasteiger partial charge in [-0.05, 0) is 5.11 Å². The molecule has 10 atom stereocenters. The van der Waals surface area contributed by atoms with Crippen LogP contribution < -0.4 is 0 Å². The standard InChI is InChI=1S/C14H26N2O12/c1-16(24)15-4-25-12-11(8(20)6(3-18)26-13(12)23)28-14-10(22)9(21)7(19)5(2-17)27-14/h5-14,17-23H,2-4H2,1H3/b16-15-/t5-,6-,7-,8-,9+,10-,11+,12-,13-,14+/m1/s1. The van der Waals surface area contributed by atoms with Crippen molar-refractivity contribution in [3.05, 3.63) is 5.21 Å².